The van der Waals surface area contributed by atoms with Crippen molar-refractivity contribution in [2.24, 2.45) is 0 Å². The second-order valence-electron chi connectivity index (χ2n) is 4.72. The molecule has 0 spiro atoms. The maximum Gasteiger partial charge on any atom is 0.368 e. The van der Waals surface area contributed by atoms with Crippen molar-refractivity contribution in [3.05, 3.63) is 41.7 Å². The first-order chi connectivity index (χ1) is 10.0. The van der Waals surface area contributed by atoms with Crippen LogP contribution >= 0.6 is 0 Å². The third-order valence-corrected chi connectivity index (χ3v) is 4.83. The first kappa shape index (κ1) is 17.6. The van der Waals surface area contributed by atoms with Gasteiger partial charge in [0.1, 0.15) is 0 Å². The lowest BCUT2D eigenvalue weighted by Crippen LogP contribution is -2.30. The van der Waals surface area contributed by atoms with Crippen LogP contribution in [0, 0.1) is 0 Å². The Hall–Kier alpha value is -1.46. The van der Waals surface area contributed by atoms with Crippen molar-refractivity contribution < 1.29 is 18.3 Å². The van der Waals surface area contributed by atoms with E-state index in [4.69, 9.17) is 9.16 Å². The van der Waals surface area contributed by atoms with E-state index in [1.54, 1.807) is 0 Å². The number of hydrogen-bond acceptors (Lipinski definition) is 3. The SMILES string of the molecule is C=C(F)C(=O)OC(CC)O[SiH2]c1cccc(CC)c1CC. The Bertz CT molecular complexity index is 502. The average molecular weight is 310 g/mol. The Kier molecular flexibility index (Phi) is 7.32. The van der Waals surface area contributed by atoms with Gasteiger partial charge in [-0.05, 0) is 29.2 Å². The van der Waals surface area contributed by atoms with Crippen molar-refractivity contribution in [3.8, 4) is 0 Å². The van der Waals surface area contributed by atoms with Gasteiger partial charge in [0.15, 0.2) is 16.1 Å². The topological polar surface area (TPSA) is 35.5 Å². The van der Waals surface area contributed by atoms with Gasteiger partial charge in [-0.15, -0.1) is 0 Å². The molecule has 0 bridgehead atoms. The largest absolute Gasteiger partial charge is 0.432 e. The van der Waals surface area contributed by atoms with Gasteiger partial charge in [-0.3, -0.25) is 0 Å². The number of ether oxygens (including phenoxy) is 1. The van der Waals surface area contributed by atoms with Crippen molar-refractivity contribution in [1.29, 1.82) is 0 Å². The minimum Gasteiger partial charge on any atom is -0.432 e. The molecule has 0 aliphatic rings. The minimum absolute atomic E-state index is 0.487. The molecule has 1 atom stereocenters. The molecule has 116 valence electrons. The zero-order valence-electron chi connectivity index (χ0n) is 12.9. The van der Waals surface area contributed by atoms with Gasteiger partial charge in [-0.2, -0.15) is 4.39 Å². The van der Waals surface area contributed by atoms with Crippen LogP contribution in [0.2, 0.25) is 0 Å². The Morgan fingerprint density at radius 3 is 2.57 bits per heavy atom. The summed E-state index contributed by atoms with van der Waals surface area (Å²) in [5.74, 6) is -2.14. The summed E-state index contributed by atoms with van der Waals surface area (Å²) in [6.07, 6.45) is 1.72. The van der Waals surface area contributed by atoms with Crippen LogP contribution in [0.25, 0.3) is 0 Å². The standard InChI is InChI=1S/C16H23FO3Si/c1-5-12-9-8-10-14(13(12)6-2)21-20-15(7-3)19-16(18)11(4)17/h8-10,15H,4-7,21H2,1-3H3. The van der Waals surface area contributed by atoms with Crippen LogP contribution in [-0.2, 0) is 26.8 Å². The highest BCUT2D eigenvalue weighted by molar-refractivity contribution is 6.47. The molecular weight excluding hydrogens is 287 g/mol. The number of carbonyl (C=O) groups excluding carboxylic acids is 1. The van der Waals surface area contributed by atoms with E-state index in [2.05, 4.69) is 32.6 Å². The van der Waals surface area contributed by atoms with Crippen LogP contribution < -0.4 is 5.19 Å². The first-order valence-electron chi connectivity index (χ1n) is 7.30. The van der Waals surface area contributed by atoms with Gasteiger partial charge < -0.3 is 9.16 Å². The summed E-state index contributed by atoms with van der Waals surface area (Å²) in [5.41, 5.74) is 2.65. The molecule has 21 heavy (non-hydrogen) atoms. The average Bonchev–Trinajstić information content (AvgIpc) is 2.50. The number of benzene rings is 1. The summed E-state index contributed by atoms with van der Waals surface area (Å²) < 4.78 is 23.3. The molecule has 0 aliphatic carbocycles. The number of esters is 1. The van der Waals surface area contributed by atoms with Gasteiger partial charge in [-0.25, -0.2) is 4.79 Å². The van der Waals surface area contributed by atoms with E-state index >= 15 is 0 Å². The number of aryl methyl sites for hydroxylation is 1. The lowest BCUT2D eigenvalue weighted by atomic mass is 10.0. The number of hydrogen-bond donors (Lipinski definition) is 0. The summed E-state index contributed by atoms with van der Waals surface area (Å²) in [5, 5.41) is 1.21. The Labute approximate surface area is 128 Å². The number of carbonyl (C=O) groups is 1. The first-order valence-corrected chi connectivity index (χ1v) is 8.58. The van der Waals surface area contributed by atoms with E-state index in [9.17, 15) is 9.18 Å². The smallest absolute Gasteiger partial charge is 0.368 e. The molecule has 1 unspecified atom stereocenters. The normalized spacial score (nSPS) is 12.6. The van der Waals surface area contributed by atoms with E-state index in [0.29, 0.717) is 6.42 Å². The molecule has 0 aliphatic heterocycles. The predicted octanol–water partition coefficient (Wildman–Crippen LogP) is 2.30. The molecule has 5 heteroatoms. The molecule has 3 nitrogen and oxygen atoms in total. The molecule has 0 radical (unpaired) electrons. The Morgan fingerprint density at radius 1 is 1.33 bits per heavy atom. The Morgan fingerprint density at radius 2 is 2.05 bits per heavy atom. The monoisotopic (exact) mass is 310 g/mol. The summed E-state index contributed by atoms with van der Waals surface area (Å²) in [6, 6.07) is 6.22. The van der Waals surface area contributed by atoms with E-state index < -0.39 is 27.8 Å². The summed E-state index contributed by atoms with van der Waals surface area (Å²) in [6.45, 7) is 9.01. The predicted molar refractivity (Wildman–Crippen MR) is 84.9 cm³/mol. The molecule has 0 heterocycles. The molecule has 1 rings (SSSR count). The molecule has 1 aromatic carbocycles. The van der Waals surface area contributed by atoms with Crippen molar-refractivity contribution in [1.82, 2.24) is 0 Å². The lowest BCUT2D eigenvalue weighted by Gasteiger charge is -2.18. The van der Waals surface area contributed by atoms with Gasteiger partial charge in [0, 0.05) is 6.42 Å². The van der Waals surface area contributed by atoms with Gasteiger partial charge in [0.2, 0.25) is 5.83 Å². The number of halogens is 1. The fraction of sp³-hybridized carbons (Fsp3) is 0.438. The molecule has 0 aromatic heterocycles. The van der Waals surface area contributed by atoms with Crippen LogP contribution in [0.5, 0.6) is 0 Å². The molecule has 0 amide bonds. The van der Waals surface area contributed by atoms with Crippen molar-refractivity contribution in [3.63, 3.8) is 0 Å². The van der Waals surface area contributed by atoms with Gasteiger partial charge >= 0.3 is 5.97 Å². The fourth-order valence-electron chi connectivity index (χ4n) is 2.21. The lowest BCUT2D eigenvalue weighted by molar-refractivity contribution is -0.160. The maximum absolute atomic E-state index is 12.7. The summed E-state index contributed by atoms with van der Waals surface area (Å²) in [4.78, 5) is 11.2. The van der Waals surface area contributed by atoms with E-state index in [-0.39, 0.29) is 0 Å². The molecular formula is C16H23FO3Si. The van der Waals surface area contributed by atoms with Crippen molar-refractivity contribution in [2.45, 2.75) is 46.3 Å². The van der Waals surface area contributed by atoms with Gasteiger partial charge in [-0.1, -0.05) is 45.5 Å². The Balaban J connectivity index is 2.73. The van der Waals surface area contributed by atoms with Crippen molar-refractivity contribution >= 4 is 20.9 Å². The maximum atomic E-state index is 12.7. The van der Waals surface area contributed by atoms with E-state index in [0.717, 1.165) is 12.8 Å². The third-order valence-electron chi connectivity index (χ3n) is 3.32. The van der Waals surface area contributed by atoms with Gasteiger partial charge in [0.25, 0.3) is 0 Å². The zero-order valence-corrected chi connectivity index (χ0v) is 14.4. The highest BCUT2D eigenvalue weighted by Gasteiger charge is 2.16. The summed E-state index contributed by atoms with van der Waals surface area (Å²) in [7, 11) is -1.04. The van der Waals surface area contributed by atoms with E-state index in [1.807, 2.05) is 13.0 Å². The van der Waals surface area contributed by atoms with Crippen molar-refractivity contribution in [2.75, 3.05) is 0 Å². The zero-order chi connectivity index (χ0) is 15.8. The molecule has 0 saturated carbocycles. The highest BCUT2D eigenvalue weighted by atomic mass is 28.2. The molecule has 0 saturated heterocycles. The van der Waals surface area contributed by atoms with Crippen LogP contribution in [0.1, 0.15) is 38.3 Å². The van der Waals surface area contributed by atoms with Gasteiger partial charge in [0.05, 0.1) is 0 Å². The second-order valence-corrected chi connectivity index (χ2v) is 6.10. The summed E-state index contributed by atoms with van der Waals surface area (Å²) >= 11 is 0. The van der Waals surface area contributed by atoms with Crippen LogP contribution in [-0.4, -0.2) is 22.0 Å². The van der Waals surface area contributed by atoms with Crippen LogP contribution in [0.3, 0.4) is 0 Å². The second kappa shape index (κ2) is 8.74. The molecule has 0 fully saturated rings. The molecule has 1 aromatic rings. The number of rotatable bonds is 8. The minimum atomic E-state index is -1.10. The highest BCUT2D eigenvalue weighted by Crippen LogP contribution is 2.09. The third kappa shape index (κ3) is 5.10. The quantitative estimate of drug-likeness (QED) is 0.320. The van der Waals surface area contributed by atoms with E-state index in [1.165, 1.54) is 16.3 Å². The molecule has 0 N–H and O–H groups in total. The van der Waals surface area contributed by atoms with Crippen LogP contribution in [0.15, 0.2) is 30.6 Å². The van der Waals surface area contributed by atoms with Crippen LogP contribution in [0.4, 0.5) is 4.39 Å². The fourth-order valence-corrected chi connectivity index (χ4v) is 3.76.